The van der Waals surface area contributed by atoms with Crippen molar-refractivity contribution in [2.24, 2.45) is 17.1 Å². The Balaban J connectivity index is 4.02. The number of hydrogen-bond donors (Lipinski definition) is 1. The van der Waals surface area contributed by atoms with Gasteiger partial charge in [0.05, 0.1) is 0 Å². The molecule has 2 nitrogen and oxygen atoms in total. The molecule has 2 N–H and O–H groups in total. The Morgan fingerprint density at radius 1 is 1.27 bits per heavy atom. The van der Waals surface area contributed by atoms with Crippen molar-refractivity contribution in [1.29, 1.82) is 0 Å². The first kappa shape index (κ1) is 14.9. The second kappa shape index (κ2) is 7.24. The van der Waals surface area contributed by atoms with Crippen LogP contribution in [0.2, 0.25) is 0 Å². The van der Waals surface area contributed by atoms with E-state index in [9.17, 15) is 0 Å². The molecule has 0 fully saturated rings. The van der Waals surface area contributed by atoms with E-state index in [0.717, 1.165) is 25.6 Å². The second-order valence-corrected chi connectivity index (χ2v) is 5.59. The smallest absolute Gasteiger partial charge is 0.00447 e. The number of nitrogens with zero attached hydrogens (tertiary/aromatic N) is 1. The normalized spacial score (nSPS) is 14.6. The molecule has 0 saturated heterocycles. The fourth-order valence-electron chi connectivity index (χ4n) is 2.00. The van der Waals surface area contributed by atoms with E-state index >= 15 is 0 Å². The van der Waals surface area contributed by atoms with Crippen LogP contribution in [0.4, 0.5) is 0 Å². The van der Waals surface area contributed by atoms with Crippen LogP contribution in [0.25, 0.3) is 0 Å². The van der Waals surface area contributed by atoms with Crippen LogP contribution >= 0.6 is 0 Å². The van der Waals surface area contributed by atoms with E-state index < -0.39 is 0 Å². The summed E-state index contributed by atoms with van der Waals surface area (Å²) in [5.74, 6) is 0.809. The first-order chi connectivity index (χ1) is 6.95. The molecule has 15 heavy (non-hydrogen) atoms. The van der Waals surface area contributed by atoms with E-state index in [0.29, 0.717) is 0 Å². The van der Waals surface area contributed by atoms with Gasteiger partial charge in [-0.15, -0.1) is 0 Å². The van der Waals surface area contributed by atoms with Crippen LogP contribution in [0.1, 0.15) is 47.5 Å². The molecule has 0 spiro atoms. The minimum absolute atomic E-state index is 0.252. The van der Waals surface area contributed by atoms with Crippen LogP contribution in [-0.2, 0) is 0 Å². The van der Waals surface area contributed by atoms with Gasteiger partial charge in [-0.25, -0.2) is 0 Å². The summed E-state index contributed by atoms with van der Waals surface area (Å²) < 4.78 is 0. The van der Waals surface area contributed by atoms with Gasteiger partial charge in [0, 0.05) is 13.1 Å². The second-order valence-electron chi connectivity index (χ2n) is 5.59. The van der Waals surface area contributed by atoms with E-state index in [4.69, 9.17) is 5.73 Å². The highest BCUT2D eigenvalue weighted by atomic mass is 15.1. The van der Waals surface area contributed by atoms with Crippen molar-refractivity contribution in [2.75, 3.05) is 26.2 Å². The first-order valence-corrected chi connectivity index (χ1v) is 6.37. The van der Waals surface area contributed by atoms with Crippen molar-refractivity contribution in [3.8, 4) is 0 Å². The van der Waals surface area contributed by atoms with Crippen molar-refractivity contribution in [1.82, 2.24) is 4.90 Å². The number of hydrogen-bond acceptors (Lipinski definition) is 2. The van der Waals surface area contributed by atoms with E-state index in [1.165, 1.54) is 19.4 Å². The molecule has 0 aromatic heterocycles. The minimum atomic E-state index is 0.252. The Labute approximate surface area is 96.2 Å². The lowest BCUT2D eigenvalue weighted by atomic mass is 9.92. The maximum atomic E-state index is 5.77. The van der Waals surface area contributed by atoms with Crippen molar-refractivity contribution in [2.45, 2.75) is 47.5 Å². The van der Waals surface area contributed by atoms with Crippen LogP contribution < -0.4 is 5.73 Å². The summed E-state index contributed by atoms with van der Waals surface area (Å²) in [5.41, 5.74) is 6.02. The maximum Gasteiger partial charge on any atom is 0.00447 e. The van der Waals surface area contributed by atoms with Crippen LogP contribution in [0.15, 0.2) is 0 Å². The fraction of sp³-hybridized carbons (Fsp3) is 1.00. The van der Waals surface area contributed by atoms with Gasteiger partial charge >= 0.3 is 0 Å². The molecule has 1 unspecified atom stereocenters. The highest BCUT2D eigenvalue weighted by Crippen LogP contribution is 2.16. The standard InChI is InChI=1S/C13H30N2/c1-6-8-12(3)9-15(7-2)11-13(4,5)10-14/h12H,6-11,14H2,1-5H3. The van der Waals surface area contributed by atoms with Crippen LogP contribution in [0, 0.1) is 11.3 Å². The molecule has 0 rings (SSSR count). The molecule has 0 heterocycles. The molecule has 0 aromatic rings. The van der Waals surface area contributed by atoms with Gasteiger partial charge in [0.25, 0.3) is 0 Å². The molecule has 0 aliphatic carbocycles. The lowest BCUT2D eigenvalue weighted by Gasteiger charge is -2.32. The summed E-state index contributed by atoms with van der Waals surface area (Å²) in [5, 5.41) is 0. The zero-order valence-electron chi connectivity index (χ0n) is 11.3. The van der Waals surface area contributed by atoms with Gasteiger partial charge in [-0.2, -0.15) is 0 Å². The van der Waals surface area contributed by atoms with Gasteiger partial charge in [-0.05, 0) is 30.8 Å². The largest absolute Gasteiger partial charge is 0.330 e. The average Bonchev–Trinajstić information content (AvgIpc) is 2.17. The predicted molar refractivity (Wildman–Crippen MR) is 69.0 cm³/mol. The summed E-state index contributed by atoms with van der Waals surface area (Å²) in [7, 11) is 0. The van der Waals surface area contributed by atoms with Crippen LogP contribution in [0.3, 0.4) is 0 Å². The van der Waals surface area contributed by atoms with Crippen LogP contribution in [-0.4, -0.2) is 31.1 Å². The number of rotatable bonds is 8. The average molecular weight is 214 g/mol. The van der Waals surface area contributed by atoms with E-state index in [1.54, 1.807) is 0 Å². The summed E-state index contributed by atoms with van der Waals surface area (Å²) in [6.07, 6.45) is 2.62. The Hall–Kier alpha value is -0.0800. The quantitative estimate of drug-likeness (QED) is 0.673. The molecular formula is C13H30N2. The first-order valence-electron chi connectivity index (χ1n) is 6.37. The van der Waals surface area contributed by atoms with Gasteiger partial charge in [-0.1, -0.05) is 41.0 Å². The van der Waals surface area contributed by atoms with Gasteiger partial charge in [0.2, 0.25) is 0 Å². The van der Waals surface area contributed by atoms with Crippen molar-refractivity contribution >= 4 is 0 Å². The molecule has 0 amide bonds. The maximum absolute atomic E-state index is 5.77. The Kier molecular flexibility index (Phi) is 7.20. The molecule has 0 saturated carbocycles. The third-order valence-corrected chi connectivity index (χ3v) is 3.00. The molecule has 1 atom stereocenters. The van der Waals surface area contributed by atoms with Crippen LogP contribution in [0.5, 0.6) is 0 Å². The zero-order chi connectivity index (χ0) is 11.9. The van der Waals surface area contributed by atoms with E-state index in [1.807, 2.05) is 0 Å². The third kappa shape index (κ3) is 6.91. The van der Waals surface area contributed by atoms with E-state index in [2.05, 4.69) is 39.5 Å². The van der Waals surface area contributed by atoms with Crippen molar-refractivity contribution < 1.29 is 0 Å². The predicted octanol–water partition coefficient (Wildman–Crippen LogP) is 2.73. The molecule has 0 aliphatic rings. The third-order valence-electron chi connectivity index (χ3n) is 3.00. The molecule has 2 heteroatoms. The van der Waals surface area contributed by atoms with E-state index in [-0.39, 0.29) is 5.41 Å². The Morgan fingerprint density at radius 2 is 1.87 bits per heavy atom. The lowest BCUT2D eigenvalue weighted by Crippen LogP contribution is -2.40. The number of nitrogens with two attached hydrogens (primary N) is 1. The summed E-state index contributed by atoms with van der Waals surface area (Å²) in [6, 6.07) is 0. The highest BCUT2D eigenvalue weighted by Gasteiger charge is 2.20. The molecule has 0 aliphatic heterocycles. The molecule has 0 radical (unpaired) electrons. The fourth-order valence-corrected chi connectivity index (χ4v) is 2.00. The Bertz CT molecular complexity index is 155. The molecule has 0 bridgehead atoms. The minimum Gasteiger partial charge on any atom is -0.330 e. The van der Waals surface area contributed by atoms with Crippen molar-refractivity contribution in [3.05, 3.63) is 0 Å². The summed E-state index contributed by atoms with van der Waals surface area (Å²) in [6.45, 7) is 15.6. The van der Waals surface area contributed by atoms with Gasteiger partial charge in [0.15, 0.2) is 0 Å². The monoisotopic (exact) mass is 214 g/mol. The SMILES string of the molecule is CCCC(C)CN(CC)CC(C)(C)CN. The molecule has 0 aromatic carbocycles. The topological polar surface area (TPSA) is 29.3 Å². The molecule has 92 valence electrons. The van der Waals surface area contributed by atoms with Gasteiger partial charge in [0.1, 0.15) is 0 Å². The molecular weight excluding hydrogens is 184 g/mol. The summed E-state index contributed by atoms with van der Waals surface area (Å²) >= 11 is 0. The Morgan fingerprint density at radius 3 is 2.27 bits per heavy atom. The van der Waals surface area contributed by atoms with Crippen molar-refractivity contribution in [3.63, 3.8) is 0 Å². The zero-order valence-corrected chi connectivity index (χ0v) is 11.3. The lowest BCUT2D eigenvalue weighted by molar-refractivity contribution is 0.167. The highest BCUT2D eigenvalue weighted by molar-refractivity contribution is 4.75. The van der Waals surface area contributed by atoms with Gasteiger partial charge < -0.3 is 10.6 Å². The van der Waals surface area contributed by atoms with Gasteiger partial charge in [-0.3, -0.25) is 0 Å². The summed E-state index contributed by atoms with van der Waals surface area (Å²) in [4.78, 5) is 2.53.